The number of halogens is 1. The summed E-state index contributed by atoms with van der Waals surface area (Å²) in [6.07, 6.45) is 0. The molecule has 2 aromatic rings. The van der Waals surface area contributed by atoms with Crippen LogP contribution in [0.25, 0.3) is 11.0 Å². The van der Waals surface area contributed by atoms with Gasteiger partial charge in [0.25, 0.3) is 5.88 Å². The highest BCUT2D eigenvalue weighted by Gasteiger charge is 2.32. The molecule has 104 valence electrons. The first-order chi connectivity index (χ1) is 9.72. The third-order valence-corrected chi connectivity index (χ3v) is 4.34. The van der Waals surface area contributed by atoms with Crippen LogP contribution >= 0.6 is 15.9 Å². The SMILES string of the molecule is Cc1cc(Br)c2nc3c(nc2c1)OC[C@@H]1COCCN31. The lowest BCUT2D eigenvalue weighted by Crippen LogP contribution is -2.51. The van der Waals surface area contributed by atoms with E-state index in [2.05, 4.69) is 31.9 Å². The summed E-state index contributed by atoms with van der Waals surface area (Å²) in [5.41, 5.74) is 2.89. The van der Waals surface area contributed by atoms with Crippen molar-refractivity contribution in [3.05, 3.63) is 22.2 Å². The Morgan fingerprint density at radius 2 is 2.20 bits per heavy atom. The van der Waals surface area contributed by atoms with Gasteiger partial charge in [-0.3, -0.25) is 0 Å². The number of nitrogens with zero attached hydrogens (tertiary/aromatic N) is 3. The Morgan fingerprint density at radius 1 is 1.30 bits per heavy atom. The molecule has 4 rings (SSSR count). The molecule has 1 atom stereocenters. The van der Waals surface area contributed by atoms with Crippen molar-refractivity contribution in [3.8, 4) is 5.88 Å². The fourth-order valence-corrected chi connectivity index (χ4v) is 3.41. The smallest absolute Gasteiger partial charge is 0.258 e. The van der Waals surface area contributed by atoms with Gasteiger partial charge in [0, 0.05) is 11.0 Å². The first-order valence-corrected chi connectivity index (χ1v) is 7.47. The summed E-state index contributed by atoms with van der Waals surface area (Å²) in [4.78, 5) is 11.7. The predicted molar refractivity (Wildman–Crippen MR) is 79.4 cm³/mol. The summed E-state index contributed by atoms with van der Waals surface area (Å²) in [6, 6.07) is 4.33. The van der Waals surface area contributed by atoms with Gasteiger partial charge in [0.1, 0.15) is 12.1 Å². The molecule has 0 spiro atoms. The molecule has 0 bridgehead atoms. The van der Waals surface area contributed by atoms with Crippen LogP contribution in [-0.4, -0.2) is 42.4 Å². The Bertz CT molecular complexity index is 692. The summed E-state index contributed by atoms with van der Waals surface area (Å²) >= 11 is 3.58. The fraction of sp³-hybridized carbons (Fsp3) is 0.429. The molecule has 0 unspecified atom stereocenters. The Morgan fingerprint density at radius 3 is 3.10 bits per heavy atom. The van der Waals surface area contributed by atoms with Gasteiger partial charge in [-0.25, -0.2) is 9.97 Å². The highest BCUT2D eigenvalue weighted by molar-refractivity contribution is 9.10. The van der Waals surface area contributed by atoms with Crippen molar-refractivity contribution in [1.29, 1.82) is 0 Å². The molecule has 0 saturated carbocycles. The highest BCUT2D eigenvalue weighted by Crippen LogP contribution is 2.35. The van der Waals surface area contributed by atoms with Gasteiger partial charge < -0.3 is 14.4 Å². The van der Waals surface area contributed by atoms with Crippen LogP contribution in [0.1, 0.15) is 5.56 Å². The molecule has 5 nitrogen and oxygen atoms in total. The predicted octanol–water partition coefficient (Wildman–Crippen LogP) is 2.30. The number of rotatable bonds is 0. The van der Waals surface area contributed by atoms with E-state index in [0.717, 1.165) is 40.0 Å². The first kappa shape index (κ1) is 12.3. The van der Waals surface area contributed by atoms with Gasteiger partial charge in [-0.1, -0.05) is 0 Å². The summed E-state index contributed by atoms with van der Waals surface area (Å²) in [5.74, 6) is 1.47. The fourth-order valence-electron chi connectivity index (χ4n) is 2.76. The van der Waals surface area contributed by atoms with E-state index in [1.54, 1.807) is 0 Å². The lowest BCUT2D eigenvalue weighted by molar-refractivity contribution is 0.0686. The van der Waals surface area contributed by atoms with Gasteiger partial charge in [-0.15, -0.1) is 0 Å². The van der Waals surface area contributed by atoms with Crippen LogP contribution in [0.3, 0.4) is 0 Å². The number of aromatic nitrogens is 2. The van der Waals surface area contributed by atoms with Crippen molar-refractivity contribution in [3.63, 3.8) is 0 Å². The average Bonchev–Trinajstić information content (AvgIpc) is 2.45. The van der Waals surface area contributed by atoms with E-state index in [1.165, 1.54) is 0 Å². The average molecular weight is 336 g/mol. The van der Waals surface area contributed by atoms with E-state index >= 15 is 0 Å². The number of benzene rings is 1. The molecule has 2 aliphatic heterocycles. The number of aryl methyl sites for hydroxylation is 1. The second kappa shape index (κ2) is 4.56. The maximum atomic E-state index is 5.77. The van der Waals surface area contributed by atoms with Crippen LogP contribution in [0.4, 0.5) is 5.82 Å². The van der Waals surface area contributed by atoms with E-state index in [9.17, 15) is 0 Å². The topological polar surface area (TPSA) is 47.5 Å². The van der Waals surface area contributed by atoms with Crippen LogP contribution in [0.2, 0.25) is 0 Å². The second-order valence-corrected chi connectivity index (χ2v) is 6.05. The molecule has 1 aromatic heterocycles. The third kappa shape index (κ3) is 1.86. The van der Waals surface area contributed by atoms with Crippen molar-refractivity contribution < 1.29 is 9.47 Å². The quantitative estimate of drug-likeness (QED) is 0.739. The summed E-state index contributed by atoms with van der Waals surface area (Å²) < 4.78 is 12.2. The Hall–Kier alpha value is -1.40. The molecule has 3 heterocycles. The van der Waals surface area contributed by atoms with Gasteiger partial charge >= 0.3 is 0 Å². The van der Waals surface area contributed by atoms with Crippen molar-refractivity contribution in [2.45, 2.75) is 13.0 Å². The van der Waals surface area contributed by atoms with Gasteiger partial charge in [-0.05, 0) is 40.5 Å². The van der Waals surface area contributed by atoms with Crippen LogP contribution in [0.15, 0.2) is 16.6 Å². The Balaban J connectivity index is 1.91. The Labute approximate surface area is 125 Å². The van der Waals surface area contributed by atoms with Gasteiger partial charge in [0.05, 0.1) is 24.8 Å². The summed E-state index contributed by atoms with van der Waals surface area (Å²) in [5, 5.41) is 0. The number of hydrogen-bond acceptors (Lipinski definition) is 5. The van der Waals surface area contributed by atoms with Crippen molar-refractivity contribution in [2.24, 2.45) is 0 Å². The van der Waals surface area contributed by atoms with Gasteiger partial charge in [-0.2, -0.15) is 0 Å². The molecular weight excluding hydrogens is 322 g/mol. The number of fused-ring (bicyclic) bond motifs is 4. The maximum Gasteiger partial charge on any atom is 0.258 e. The molecule has 20 heavy (non-hydrogen) atoms. The van der Waals surface area contributed by atoms with Crippen LogP contribution < -0.4 is 9.64 Å². The van der Waals surface area contributed by atoms with E-state index < -0.39 is 0 Å². The molecule has 1 aromatic carbocycles. The molecule has 0 amide bonds. The monoisotopic (exact) mass is 335 g/mol. The largest absolute Gasteiger partial charge is 0.473 e. The zero-order valence-electron chi connectivity index (χ0n) is 11.1. The molecule has 0 radical (unpaired) electrons. The highest BCUT2D eigenvalue weighted by atomic mass is 79.9. The van der Waals surface area contributed by atoms with E-state index in [1.807, 2.05) is 13.0 Å². The van der Waals surface area contributed by atoms with Gasteiger partial charge in [0.15, 0.2) is 5.82 Å². The molecule has 6 heteroatoms. The molecule has 0 N–H and O–H groups in total. The zero-order valence-corrected chi connectivity index (χ0v) is 12.7. The van der Waals surface area contributed by atoms with E-state index in [4.69, 9.17) is 14.5 Å². The molecule has 0 aliphatic carbocycles. The Kier molecular flexibility index (Phi) is 2.82. The second-order valence-electron chi connectivity index (χ2n) is 5.20. The standard InChI is InChI=1S/C14H14BrN3O2/c1-8-4-10(15)12-11(5-8)16-14-13(17-12)18-2-3-19-6-9(18)7-20-14/h4-5,9H,2-3,6-7H2,1H3/t9-/m0/s1. The number of hydrogen-bond donors (Lipinski definition) is 0. The molecule has 1 fully saturated rings. The molecular formula is C14H14BrN3O2. The van der Waals surface area contributed by atoms with Gasteiger partial charge in [0.2, 0.25) is 0 Å². The minimum atomic E-state index is 0.243. The van der Waals surface area contributed by atoms with Crippen molar-refractivity contribution >= 4 is 32.8 Å². The molecule has 1 saturated heterocycles. The zero-order chi connectivity index (χ0) is 13.7. The number of morpholine rings is 1. The van der Waals surface area contributed by atoms with Crippen LogP contribution in [0, 0.1) is 6.92 Å². The number of anilines is 1. The van der Waals surface area contributed by atoms with Crippen molar-refractivity contribution in [2.75, 3.05) is 31.3 Å². The van der Waals surface area contributed by atoms with Crippen molar-refractivity contribution in [1.82, 2.24) is 9.97 Å². The molecule has 2 aliphatic rings. The lowest BCUT2D eigenvalue weighted by atomic mass is 10.2. The minimum Gasteiger partial charge on any atom is -0.473 e. The third-order valence-electron chi connectivity index (χ3n) is 3.73. The summed E-state index contributed by atoms with van der Waals surface area (Å²) in [7, 11) is 0. The lowest BCUT2D eigenvalue weighted by Gasteiger charge is -2.39. The normalized spacial score (nSPS) is 21.3. The van der Waals surface area contributed by atoms with E-state index in [-0.39, 0.29) is 6.04 Å². The van der Waals surface area contributed by atoms with E-state index in [0.29, 0.717) is 19.1 Å². The number of ether oxygens (including phenoxy) is 2. The maximum absolute atomic E-state index is 5.77. The minimum absolute atomic E-state index is 0.243. The first-order valence-electron chi connectivity index (χ1n) is 6.67. The van der Waals surface area contributed by atoms with Crippen LogP contribution in [-0.2, 0) is 4.74 Å². The summed E-state index contributed by atoms with van der Waals surface area (Å²) in [6.45, 7) is 4.91. The van der Waals surface area contributed by atoms with Crippen LogP contribution in [0.5, 0.6) is 5.88 Å².